The number of hydrogen-bond donors (Lipinski definition) is 1. The first kappa shape index (κ1) is 20.3. The number of nitrogens with two attached hydrogens (primary N) is 1. The first-order chi connectivity index (χ1) is 13.1. The number of nitrogens with zero attached hydrogens (tertiary/aromatic N) is 1. The van der Waals surface area contributed by atoms with E-state index in [4.69, 9.17) is 16.7 Å². The minimum absolute atomic E-state index is 0.0678. The maximum absolute atomic E-state index is 14.0. The van der Waals surface area contributed by atoms with E-state index in [9.17, 15) is 17.2 Å². The number of rotatable bonds is 4. The lowest BCUT2D eigenvalue weighted by molar-refractivity contribution is 0.509. The molecule has 0 unspecified atom stereocenters. The average Bonchev–Trinajstić information content (AvgIpc) is 2.63. The summed E-state index contributed by atoms with van der Waals surface area (Å²) in [5.41, 5.74) is 2.73. The second kappa shape index (κ2) is 7.50. The molecule has 0 saturated heterocycles. The first-order valence-electron chi connectivity index (χ1n) is 8.17. The zero-order chi connectivity index (χ0) is 20.6. The van der Waals surface area contributed by atoms with Crippen molar-refractivity contribution in [2.45, 2.75) is 4.90 Å². The van der Waals surface area contributed by atoms with Gasteiger partial charge in [0.1, 0.15) is 0 Å². The van der Waals surface area contributed by atoms with Crippen LogP contribution in [-0.4, -0.2) is 22.5 Å². The van der Waals surface area contributed by atoms with E-state index in [1.165, 1.54) is 24.3 Å². The lowest BCUT2D eigenvalue weighted by atomic mass is 9.94. The Morgan fingerprint density at radius 2 is 1.36 bits per heavy atom. The molecular formula is C20H17ClF2N2O2S. The lowest BCUT2D eigenvalue weighted by Crippen LogP contribution is -2.11. The van der Waals surface area contributed by atoms with Crippen LogP contribution < -0.4 is 10.0 Å². The van der Waals surface area contributed by atoms with Crippen LogP contribution in [0.2, 0.25) is 5.02 Å². The fourth-order valence-corrected chi connectivity index (χ4v) is 3.67. The Morgan fingerprint density at radius 1 is 0.857 bits per heavy atom. The summed E-state index contributed by atoms with van der Waals surface area (Å²) in [6.45, 7) is 0. The maximum Gasteiger partial charge on any atom is 0.238 e. The van der Waals surface area contributed by atoms with Gasteiger partial charge in [0.2, 0.25) is 10.0 Å². The van der Waals surface area contributed by atoms with Gasteiger partial charge in [0.05, 0.1) is 15.6 Å². The van der Waals surface area contributed by atoms with Crippen molar-refractivity contribution in [3.8, 4) is 22.3 Å². The van der Waals surface area contributed by atoms with Gasteiger partial charge >= 0.3 is 0 Å². The molecule has 0 aliphatic heterocycles. The predicted molar refractivity (Wildman–Crippen MR) is 108 cm³/mol. The molecule has 0 bridgehead atoms. The Hall–Kier alpha value is -2.48. The molecule has 146 valence electrons. The molecule has 0 spiro atoms. The van der Waals surface area contributed by atoms with E-state index in [2.05, 4.69) is 0 Å². The number of sulfonamides is 1. The first-order valence-corrected chi connectivity index (χ1v) is 10.1. The predicted octanol–water partition coefficient (Wildman–Crippen LogP) is 4.67. The van der Waals surface area contributed by atoms with Crippen LogP contribution in [0.4, 0.5) is 14.5 Å². The Bertz CT molecular complexity index is 1150. The van der Waals surface area contributed by atoms with E-state index in [-0.39, 0.29) is 4.90 Å². The highest BCUT2D eigenvalue weighted by Crippen LogP contribution is 2.37. The van der Waals surface area contributed by atoms with Crippen LogP contribution >= 0.6 is 11.6 Å². The summed E-state index contributed by atoms with van der Waals surface area (Å²) in [5, 5.41) is 5.64. The summed E-state index contributed by atoms with van der Waals surface area (Å²) in [4.78, 5) is 1.74. The topological polar surface area (TPSA) is 63.4 Å². The molecule has 0 atom stereocenters. The second-order valence-corrected chi connectivity index (χ2v) is 8.41. The molecule has 3 aromatic carbocycles. The molecule has 0 amide bonds. The second-order valence-electron chi connectivity index (χ2n) is 6.44. The van der Waals surface area contributed by atoms with Gasteiger partial charge in [-0.1, -0.05) is 29.8 Å². The van der Waals surface area contributed by atoms with E-state index in [1.54, 1.807) is 18.2 Å². The molecule has 28 heavy (non-hydrogen) atoms. The van der Waals surface area contributed by atoms with Crippen LogP contribution in [-0.2, 0) is 10.0 Å². The maximum atomic E-state index is 14.0. The third-order valence-electron chi connectivity index (χ3n) is 4.29. The molecule has 2 N–H and O–H groups in total. The van der Waals surface area contributed by atoms with Gasteiger partial charge in [0.15, 0.2) is 11.6 Å². The van der Waals surface area contributed by atoms with Gasteiger partial charge in [0, 0.05) is 14.1 Å². The Morgan fingerprint density at radius 3 is 1.86 bits per heavy atom. The smallest absolute Gasteiger partial charge is 0.238 e. The van der Waals surface area contributed by atoms with Crippen molar-refractivity contribution in [1.29, 1.82) is 0 Å². The van der Waals surface area contributed by atoms with Crippen molar-refractivity contribution < 1.29 is 17.2 Å². The molecule has 0 aromatic heterocycles. The molecular weight excluding hydrogens is 406 g/mol. The quantitative estimate of drug-likeness (QED) is 0.664. The van der Waals surface area contributed by atoms with E-state index in [0.29, 0.717) is 27.3 Å². The fraction of sp³-hybridized carbons (Fsp3) is 0.100. The summed E-state index contributed by atoms with van der Waals surface area (Å²) in [7, 11) is -0.208. The van der Waals surface area contributed by atoms with Crippen LogP contribution in [0.15, 0.2) is 59.5 Å². The highest BCUT2D eigenvalue weighted by atomic mass is 35.5. The van der Waals surface area contributed by atoms with Gasteiger partial charge in [-0.05, 0) is 58.7 Å². The summed E-state index contributed by atoms with van der Waals surface area (Å²) in [6.07, 6.45) is 0. The number of benzene rings is 3. The molecule has 3 rings (SSSR count). The zero-order valence-electron chi connectivity index (χ0n) is 15.1. The largest absolute Gasteiger partial charge is 0.376 e. The Labute approximate surface area is 167 Å². The Kier molecular flexibility index (Phi) is 5.43. The molecule has 0 aliphatic rings. The number of primary sulfonamides is 1. The number of halogens is 3. The molecule has 4 nitrogen and oxygen atoms in total. The highest BCUT2D eigenvalue weighted by Gasteiger charge is 2.16. The summed E-state index contributed by atoms with van der Waals surface area (Å²) < 4.78 is 50.9. The molecule has 0 aliphatic carbocycles. The van der Waals surface area contributed by atoms with Gasteiger partial charge in [-0.25, -0.2) is 22.3 Å². The number of hydrogen-bond acceptors (Lipinski definition) is 3. The van der Waals surface area contributed by atoms with Gasteiger partial charge in [-0.15, -0.1) is 0 Å². The summed E-state index contributed by atoms with van der Waals surface area (Å²) in [6, 6.07) is 13.0. The normalized spacial score (nSPS) is 11.5. The van der Waals surface area contributed by atoms with Crippen LogP contribution in [0, 0.1) is 11.6 Å². The third kappa shape index (κ3) is 4.01. The standard InChI is InChI=1S/C20H17ClF2N2O2S/c1-25(2)20-9-13(5-8-17(20)21)16-11-19(23)18(22)10-15(16)12-3-6-14(7-4-12)28(24,26)27/h3-11H,1-2H3,(H2,24,26,27). The molecule has 0 fully saturated rings. The summed E-state index contributed by atoms with van der Waals surface area (Å²) >= 11 is 6.21. The van der Waals surface area contributed by atoms with Crippen LogP contribution in [0.5, 0.6) is 0 Å². The SMILES string of the molecule is CN(C)c1cc(-c2cc(F)c(F)cc2-c2ccc(S(N)(=O)=O)cc2)ccc1Cl. The molecule has 8 heteroatoms. The molecule has 0 saturated carbocycles. The van der Waals surface area contributed by atoms with E-state index >= 15 is 0 Å². The minimum Gasteiger partial charge on any atom is -0.376 e. The third-order valence-corrected chi connectivity index (χ3v) is 5.54. The van der Waals surface area contributed by atoms with Gasteiger partial charge < -0.3 is 4.90 Å². The summed E-state index contributed by atoms with van der Waals surface area (Å²) in [5.74, 6) is -1.99. The van der Waals surface area contributed by atoms with Crippen LogP contribution in [0.3, 0.4) is 0 Å². The molecule has 0 heterocycles. The zero-order valence-corrected chi connectivity index (χ0v) is 16.7. The van der Waals surface area contributed by atoms with Crippen molar-refractivity contribution in [3.63, 3.8) is 0 Å². The fourth-order valence-electron chi connectivity index (χ4n) is 2.87. The van der Waals surface area contributed by atoms with Crippen molar-refractivity contribution in [2.24, 2.45) is 5.14 Å². The van der Waals surface area contributed by atoms with E-state index in [0.717, 1.165) is 17.8 Å². The lowest BCUT2D eigenvalue weighted by Gasteiger charge is -2.17. The van der Waals surface area contributed by atoms with E-state index < -0.39 is 21.7 Å². The van der Waals surface area contributed by atoms with Crippen LogP contribution in [0.25, 0.3) is 22.3 Å². The molecule has 3 aromatic rings. The Balaban J connectivity index is 2.21. The van der Waals surface area contributed by atoms with Gasteiger partial charge in [0.25, 0.3) is 0 Å². The average molecular weight is 423 g/mol. The minimum atomic E-state index is -3.85. The van der Waals surface area contributed by atoms with Crippen molar-refractivity contribution >= 4 is 27.3 Å². The number of anilines is 1. The van der Waals surface area contributed by atoms with Crippen LogP contribution in [0.1, 0.15) is 0 Å². The van der Waals surface area contributed by atoms with Gasteiger partial charge in [-0.2, -0.15) is 0 Å². The highest BCUT2D eigenvalue weighted by molar-refractivity contribution is 7.89. The van der Waals surface area contributed by atoms with Crippen molar-refractivity contribution in [2.75, 3.05) is 19.0 Å². The van der Waals surface area contributed by atoms with E-state index in [1.807, 2.05) is 19.0 Å². The molecule has 0 radical (unpaired) electrons. The van der Waals surface area contributed by atoms with Gasteiger partial charge in [-0.3, -0.25) is 0 Å². The van der Waals surface area contributed by atoms with Crippen molar-refractivity contribution in [1.82, 2.24) is 0 Å². The monoisotopic (exact) mass is 422 g/mol. The van der Waals surface area contributed by atoms with Crippen molar-refractivity contribution in [3.05, 3.63) is 71.3 Å².